The van der Waals surface area contributed by atoms with Crippen molar-refractivity contribution in [2.75, 3.05) is 23.3 Å². The van der Waals surface area contributed by atoms with Gasteiger partial charge in [-0.25, -0.2) is 9.18 Å². The number of carbonyl (C=O) groups is 2. The number of rotatable bonds is 6. The fourth-order valence-electron chi connectivity index (χ4n) is 2.82. The van der Waals surface area contributed by atoms with Gasteiger partial charge >= 0.3 is 6.03 Å². The average molecular weight is 460 g/mol. The van der Waals surface area contributed by atoms with Gasteiger partial charge in [0, 0.05) is 30.0 Å². The highest BCUT2D eigenvalue weighted by molar-refractivity contribution is 6.42. The molecule has 3 amide bonds. The number of amides is 3. The summed E-state index contributed by atoms with van der Waals surface area (Å²) in [6.07, 6.45) is 0. The highest BCUT2D eigenvalue weighted by Gasteiger charge is 2.17. The number of hydrogen-bond donors (Lipinski definition) is 2. The summed E-state index contributed by atoms with van der Waals surface area (Å²) in [6, 6.07) is 17.1. The molecule has 0 aliphatic heterocycles. The molecule has 0 aromatic heterocycles. The van der Waals surface area contributed by atoms with Crippen LogP contribution < -0.4 is 15.5 Å². The lowest BCUT2D eigenvalue weighted by Gasteiger charge is -2.23. The summed E-state index contributed by atoms with van der Waals surface area (Å²) in [6.45, 7) is 2.28. The molecule has 0 aliphatic carbocycles. The molecule has 0 heterocycles. The third-order valence-electron chi connectivity index (χ3n) is 4.49. The number of hydrogen-bond acceptors (Lipinski definition) is 2. The molecular formula is C23H20Cl2FN3O2. The Bertz CT molecular complexity index is 1070. The van der Waals surface area contributed by atoms with Crippen LogP contribution in [0, 0.1) is 12.7 Å². The van der Waals surface area contributed by atoms with E-state index in [0.717, 1.165) is 5.56 Å². The summed E-state index contributed by atoms with van der Waals surface area (Å²) in [7, 11) is 0. The van der Waals surface area contributed by atoms with Crippen molar-refractivity contribution in [3.63, 3.8) is 0 Å². The van der Waals surface area contributed by atoms with E-state index in [1.54, 1.807) is 24.3 Å². The lowest BCUT2D eigenvalue weighted by molar-refractivity contribution is 0.0954. The van der Waals surface area contributed by atoms with Gasteiger partial charge in [-0.15, -0.1) is 0 Å². The van der Waals surface area contributed by atoms with Crippen LogP contribution >= 0.6 is 23.2 Å². The van der Waals surface area contributed by atoms with Crippen molar-refractivity contribution in [1.82, 2.24) is 5.32 Å². The number of urea groups is 1. The molecule has 3 aromatic carbocycles. The largest absolute Gasteiger partial charge is 0.350 e. The lowest BCUT2D eigenvalue weighted by Crippen LogP contribution is -2.41. The van der Waals surface area contributed by atoms with Crippen LogP contribution in [0.3, 0.4) is 0 Å². The molecule has 160 valence electrons. The molecule has 8 heteroatoms. The highest BCUT2D eigenvalue weighted by Crippen LogP contribution is 2.22. The normalized spacial score (nSPS) is 10.5. The van der Waals surface area contributed by atoms with Crippen LogP contribution in [0.15, 0.2) is 66.7 Å². The summed E-state index contributed by atoms with van der Waals surface area (Å²) in [4.78, 5) is 26.7. The summed E-state index contributed by atoms with van der Waals surface area (Å²) in [5.74, 6) is -0.757. The Hall–Kier alpha value is -3.09. The number of nitrogens with zero attached hydrogens (tertiary/aromatic N) is 1. The Morgan fingerprint density at radius 2 is 1.61 bits per heavy atom. The molecule has 0 fully saturated rings. The monoisotopic (exact) mass is 459 g/mol. The standard InChI is InChI=1S/C23H20Cl2FN3O2/c1-15-2-7-18(8-3-15)28-23(31)29(19-9-5-17(26)6-10-19)13-12-27-22(30)16-4-11-20(24)21(25)14-16/h2-11,14H,12-13H2,1H3,(H,27,30)(H,28,31). The van der Waals surface area contributed by atoms with Gasteiger partial charge in [0.25, 0.3) is 5.91 Å². The van der Waals surface area contributed by atoms with Gasteiger partial charge in [-0.2, -0.15) is 0 Å². The summed E-state index contributed by atoms with van der Waals surface area (Å²) >= 11 is 11.8. The number of aryl methyl sites for hydroxylation is 1. The molecule has 0 radical (unpaired) electrons. The molecule has 5 nitrogen and oxygen atoms in total. The van der Waals surface area contributed by atoms with Gasteiger partial charge in [0.1, 0.15) is 5.82 Å². The van der Waals surface area contributed by atoms with Crippen molar-refractivity contribution in [3.8, 4) is 0 Å². The zero-order valence-electron chi connectivity index (χ0n) is 16.7. The Labute approximate surface area is 189 Å². The molecule has 0 unspecified atom stereocenters. The fourth-order valence-corrected chi connectivity index (χ4v) is 3.12. The van der Waals surface area contributed by atoms with E-state index in [1.165, 1.54) is 35.2 Å². The van der Waals surface area contributed by atoms with E-state index >= 15 is 0 Å². The van der Waals surface area contributed by atoms with Gasteiger partial charge in [-0.1, -0.05) is 40.9 Å². The average Bonchev–Trinajstić information content (AvgIpc) is 2.75. The van der Waals surface area contributed by atoms with Crippen LogP contribution in [-0.4, -0.2) is 25.0 Å². The van der Waals surface area contributed by atoms with E-state index < -0.39 is 11.8 Å². The molecule has 0 atom stereocenters. The van der Waals surface area contributed by atoms with Gasteiger partial charge in [0.15, 0.2) is 0 Å². The molecule has 0 saturated carbocycles. The first kappa shape index (κ1) is 22.6. The lowest BCUT2D eigenvalue weighted by atomic mass is 10.2. The first-order chi connectivity index (χ1) is 14.8. The molecular weight excluding hydrogens is 440 g/mol. The Balaban J connectivity index is 1.69. The second-order valence-electron chi connectivity index (χ2n) is 6.81. The van der Waals surface area contributed by atoms with E-state index in [9.17, 15) is 14.0 Å². The molecule has 31 heavy (non-hydrogen) atoms. The predicted molar refractivity (Wildman–Crippen MR) is 123 cm³/mol. The molecule has 0 spiro atoms. The first-order valence-electron chi connectivity index (χ1n) is 9.47. The second kappa shape index (κ2) is 10.3. The van der Waals surface area contributed by atoms with Gasteiger partial charge < -0.3 is 10.6 Å². The van der Waals surface area contributed by atoms with E-state index in [2.05, 4.69) is 10.6 Å². The molecule has 0 bridgehead atoms. The van der Waals surface area contributed by atoms with Crippen LogP contribution in [0.1, 0.15) is 15.9 Å². The maximum atomic E-state index is 13.3. The number of benzene rings is 3. The summed E-state index contributed by atoms with van der Waals surface area (Å²) in [5, 5.41) is 6.19. The third kappa shape index (κ3) is 6.20. The van der Waals surface area contributed by atoms with Crippen molar-refractivity contribution in [2.24, 2.45) is 0 Å². The SMILES string of the molecule is Cc1ccc(NC(=O)N(CCNC(=O)c2ccc(Cl)c(Cl)c2)c2ccc(F)cc2)cc1. The molecule has 2 N–H and O–H groups in total. The molecule has 0 saturated heterocycles. The van der Waals surface area contributed by atoms with Crippen molar-refractivity contribution in [2.45, 2.75) is 6.92 Å². The minimum absolute atomic E-state index is 0.163. The minimum atomic E-state index is -0.407. The maximum absolute atomic E-state index is 13.3. The number of carbonyl (C=O) groups excluding carboxylic acids is 2. The predicted octanol–water partition coefficient (Wildman–Crippen LogP) is 5.91. The first-order valence-corrected chi connectivity index (χ1v) is 10.2. The minimum Gasteiger partial charge on any atom is -0.350 e. The van der Waals surface area contributed by atoms with Crippen molar-refractivity contribution in [3.05, 3.63) is 93.7 Å². The van der Waals surface area contributed by atoms with Crippen LogP contribution in [0.2, 0.25) is 10.0 Å². The van der Waals surface area contributed by atoms with E-state index in [0.29, 0.717) is 22.0 Å². The fraction of sp³-hybridized carbons (Fsp3) is 0.130. The molecule has 0 aliphatic rings. The Morgan fingerprint density at radius 1 is 0.935 bits per heavy atom. The van der Waals surface area contributed by atoms with Gasteiger partial charge in [-0.3, -0.25) is 9.69 Å². The summed E-state index contributed by atoms with van der Waals surface area (Å²) in [5.41, 5.74) is 2.54. The van der Waals surface area contributed by atoms with Crippen LogP contribution in [-0.2, 0) is 0 Å². The Morgan fingerprint density at radius 3 is 2.26 bits per heavy atom. The zero-order chi connectivity index (χ0) is 22.4. The van der Waals surface area contributed by atoms with Crippen LogP contribution in [0.4, 0.5) is 20.6 Å². The number of halogens is 3. The third-order valence-corrected chi connectivity index (χ3v) is 5.23. The van der Waals surface area contributed by atoms with Gasteiger partial charge in [0.05, 0.1) is 10.0 Å². The topological polar surface area (TPSA) is 61.4 Å². The molecule has 3 rings (SSSR count). The molecule has 3 aromatic rings. The smallest absolute Gasteiger partial charge is 0.326 e. The van der Waals surface area contributed by atoms with Crippen LogP contribution in [0.5, 0.6) is 0 Å². The number of anilines is 2. The van der Waals surface area contributed by atoms with Crippen molar-refractivity contribution < 1.29 is 14.0 Å². The van der Waals surface area contributed by atoms with Crippen molar-refractivity contribution in [1.29, 1.82) is 0 Å². The number of nitrogens with one attached hydrogen (secondary N) is 2. The maximum Gasteiger partial charge on any atom is 0.326 e. The van der Waals surface area contributed by atoms with E-state index in [1.807, 2.05) is 19.1 Å². The van der Waals surface area contributed by atoms with Crippen LogP contribution in [0.25, 0.3) is 0 Å². The van der Waals surface area contributed by atoms with Gasteiger partial charge in [-0.05, 0) is 61.5 Å². The zero-order valence-corrected chi connectivity index (χ0v) is 18.2. The quantitative estimate of drug-likeness (QED) is 0.481. The highest BCUT2D eigenvalue weighted by atomic mass is 35.5. The second-order valence-corrected chi connectivity index (χ2v) is 7.62. The van der Waals surface area contributed by atoms with E-state index in [-0.39, 0.29) is 24.0 Å². The van der Waals surface area contributed by atoms with Crippen molar-refractivity contribution >= 4 is 46.5 Å². The van der Waals surface area contributed by atoms with E-state index in [4.69, 9.17) is 23.2 Å². The summed E-state index contributed by atoms with van der Waals surface area (Å²) < 4.78 is 13.3. The van der Waals surface area contributed by atoms with Gasteiger partial charge in [0.2, 0.25) is 0 Å². The Kier molecular flexibility index (Phi) is 7.50.